The van der Waals surface area contributed by atoms with Gasteiger partial charge < -0.3 is 9.47 Å². The van der Waals surface area contributed by atoms with E-state index in [4.69, 9.17) is 49.4 Å². The van der Waals surface area contributed by atoms with Crippen molar-refractivity contribution in [3.05, 3.63) is 53.7 Å². The molecule has 0 saturated heterocycles. The number of esters is 1. The van der Waals surface area contributed by atoms with Gasteiger partial charge in [0.2, 0.25) is 3.79 Å². The Morgan fingerprint density at radius 3 is 2.41 bits per heavy atom. The highest BCUT2D eigenvalue weighted by Crippen LogP contribution is 2.30. The highest BCUT2D eigenvalue weighted by Gasteiger charge is 2.25. The van der Waals surface area contributed by atoms with E-state index in [1.54, 1.807) is 17.7 Å². The quantitative estimate of drug-likeness (QED) is 0.299. The zero-order chi connectivity index (χ0) is 25.1. The third-order valence-corrected chi connectivity index (χ3v) is 5.22. The second-order valence-corrected chi connectivity index (χ2v) is 11.2. The highest BCUT2D eigenvalue weighted by atomic mass is 35.6. The molecule has 1 amide bonds. The van der Waals surface area contributed by atoms with Gasteiger partial charge in [-0.05, 0) is 35.4 Å². The van der Waals surface area contributed by atoms with Crippen LogP contribution in [0.3, 0.4) is 0 Å². The predicted octanol–water partition coefficient (Wildman–Crippen LogP) is 6.35. The Labute approximate surface area is 213 Å². The first-order chi connectivity index (χ1) is 15.9. The van der Waals surface area contributed by atoms with Crippen LogP contribution in [0.2, 0.25) is 0 Å². The summed E-state index contributed by atoms with van der Waals surface area (Å²) >= 11 is 17.0. The number of fused-ring (bicyclic) bond motifs is 1. The topological polar surface area (TPSA) is 82.5 Å². The summed E-state index contributed by atoms with van der Waals surface area (Å²) in [4.78, 5) is 24.6. The van der Waals surface area contributed by atoms with Crippen molar-refractivity contribution < 1.29 is 19.1 Å². The summed E-state index contributed by atoms with van der Waals surface area (Å²) in [5.74, 6) is 0.0471. The number of carbonyl (C=O) groups is 2. The number of halogens is 3. The van der Waals surface area contributed by atoms with Crippen molar-refractivity contribution >= 4 is 63.5 Å². The van der Waals surface area contributed by atoms with Crippen molar-refractivity contribution in [1.82, 2.24) is 9.78 Å². The van der Waals surface area contributed by atoms with E-state index < -0.39 is 16.5 Å². The Morgan fingerprint density at radius 1 is 1.06 bits per heavy atom. The summed E-state index contributed by atoms with van der Waals surface area (Å²) < 4.78 is 10.0. The lowest BCUT2D eigenvalue weighted by molar-refractivity contribution is -0.142. The van der Waals surface area contributed by atoms with Crippen LogP contribution in [-0.4, -0.2) is 38.8 Å². The molecule has 182 valence electrons. The molecule has 1 heterocycles. The molecule has 0 bridgehead atoms. The molecule has 7 nitrogen and oxygen atoms in total. The van der Waals surface area contributed by atoms with Gasteiger partial charge in [0.15, 0.2) is 0 Å². The van der Waals surface area contributed by atoms with Gasteiger partial charge in [0.25, 0.3) is 0 Å². The van der Waals surface area contributed by atoms with Crippen molar-refractivity contribution in [2.45, 2.75) is 43.3 Å². The standard InChI is InChI=1S/C24H26Cl3N3O4/c1-5-33-21(31)12-16-11-17(10-15-8-6-7-9-18(15)16)30-20(13-19(29-30)23(2,3)4)28-22(32)34-14-24(25,26)27/h6-11,13H,5,12,14H2,1-4H3,(H,28,32). The van der Waals surface area contributed by atoms with Crippen LogP contribution in [0.4, 0.5) is 10.6 Å². The number of aromatic nitrogens is 2. The van der Waals surface area contributed by atoms with Gasteiger partial charge in [-0.25, -0.2) is 9.48 Å². The maximum absolute atomic E-state index is 12.4. The van der Waals surface area contributed by atoms with Crippen LogP contribution in [0.5, 0.6) is 0 Å². The number of nitrogens with one attached hydrogen (secondary N) is 1. The lowest BCUT2D eigenvalue weighted by atomic mass is 9.92. The summed E-state index contributed by atoms with van der Waals surface area (Å²) in [6, 6.07) is 13.3. The van der Waals surface area contributed by atoms with E-state index in [0.29, 0.717) is 18.1 Å². The number of carbonyl (C=O) groups excluding carboxylic acids is 2. The Hall–Kier alpha value is -2.48. The number of hydrogen-bond donors (Lipinski definition) is 1. The Morgan fingerprint density at radius 2 is 1.76 bits per heavy atom. The molecule has 0 aliphatic heterocycles. The van der Waals surface area contributed by atoms with Crippen molar-refractivity contribution in [3.8, 4) is 5.69 Å². The minimum Gasteiger partial charge on any atom is -0.466 e. The number of anilines is 1. The minimum absolute atomic E-state index is 0.101. The minimum atomic E-state index is -1.73. The third kappa shape index (κ3) is 6.78. The number of alkyl halides is 3. The molecule has 0 spiro atoms. The molecule has 34 heavy (non-hydrogen) atoms. The SMILES string of the molecule is CCOC(=O)Cc1cc(-n2nc(C(C)(C)C)cc2NC(=O)OCC(Cl)(Cl)Cl)cc2ccccc12. The second-order valence-electron chi connectivity index (χ2n) is 8.70. The molecule has 0 fully saturated rings. The van der Waals surface area contributed by atoms with Crippen LogP contribution in [-0.2, 0) is 26.1 Å². The van der Waals surface area contributed by atoms with Crippen molar-refractivity contribution in [1.29, 1.82) is 0 Å². The molecule has 0 atom stereocenters. The van der Waals surface area contributed by atoms with Crippen LogP contribution in [0, 0.1) is 0 Å². The zero-order valence-electron chi connectivity index (χ0n) is 19.3. The van der Waals surface area contributed by atoms with E-state index >= 15 is 0 Å². The van der Waals surface area contributed by atoms with Gasteiger partial charge in [0.05, 0.1) is 24.4 Å². The average molecular weight is 527 g/mol. The Balaban J connectivity index is 2.06. The average Bonchev–Trinajstić information content (AvgIpc) is 3.16. The Kier molecular flexibility index (Phi) is 8.01. The predicted molar refractivity (Wildman–Crippen MR) is 135 cm³/mol. The summed E-state index contributed by atoms with van der Waals surface area (Å²) in [5.41, 5.74) is 1.88. The molecule has 10 heteroatoms. The molecule has 1 aromatic heterocycles. The molecule has 0 radical (unpaired) electrons. The number of amides is 1. The first kappa shape index (κ1) is 26.1. The normalized spacial score (nSPS) is 12.0. The molecule has 0 aliphatic carbocycles. The molecule has 1 N–H and O–H groups in total. The molecule has 3 rings (SSSR count). The summed E-state index contributed by atoms with van der Waals surface area (Å²) in [6.45, 7) is 7.69. The van der Waals surface area contributed by atoms with Gasteiger partial charge in [0, 0.05) is 11.5 Å². The summed E-state index contributed by atoms with van der Waals surface area (Å²) in [5, 5.41) is 9.25. The fraction of sp³-hybridized carbons (Fsp3) is 0.375. The van der Waals surface area contributed by atoms with E-state index in [0.717, 1.165) is 22.0 Å². The molecule has 0 unspecified atom stereocenters. The monoisotopic (exact) mass is 525 g/mol. The fourth-order valence-electron chi connectivity index (χ4n) is 3.33. The smallest absolute Gasteiger partial charge is 0.412 e. The fourth-order valence-corrected chi connectivity index (χ4v) is 3.49. The number of hydrogen-bond acceptors (Lipinski definition) is 5. The summed E-state index contributed by atoms with van der Waals surface area (Å²) in [6.07, 6.45) is -0.690. The second kappa shape index (κ2) is 10.4. The first-order valence-corrected chi connectivity index (χ1v) is 11.8. The third-order valence-electron chi connectivity index (χ3n) is 4.89. The molecule has 0 aliphatic rings. The van der Waals surface area contributed by atoms with Crippen LogP contribution in [0.15, 0.2) is 42.5 Å². The van der Waals surface area contributed by atoms with Gasteiger partial charge >= 0.3 is 12.1 Å². The van der Waals surface area contributed by atoms with Crippen LogP contribution >= 0.6 is 34.8 Å². The maximum Gasteiger partial charge on any atom is 0.412 e. The van der Waals surface area contributed by atoms with E-state index in [2.05, 4.69) is 5.32 Å². The number of benzene rings is 2. The molecule has 3 aromatic rings. The molecule has 2 aromatic carbocycles. The number of nitrogens with zero attached hydrogens (tertiary/aromatic N) is 2. The number of rotatable bonds is 6. The van der Waals surface area contributed by atoms with E-state index in [1.807, 2.05) is 57.2 Å². The van der Waals surface area contributed by atoms with Crippen molar-refractivity contribution in [2.75, 3.05) is 18.5 Å². The van der Waals surface area contributed by atoms with Crippen LogP contribution in [0.25, 0.3) is 16.5 Å². The maximum atomic E-state index is 12.4. The number of ether oxygens (including phenoxy) is 2. The van der Waals surface area contributed by atoms with Crippen molar-refractivity contribution in [2.24, 2.45) is 0 Å². The lowest BCUT2D eigenvalue weighted by Gasteiger charge is -2.15. The highest BCUT2D eigenvalue weighted by molar-refractivity contribution is 6.67. The van der Waals surface area contributed by atoms with Crippen molar-refractivity contribution in [3.63, 3.8) is 0 Å². The van der Waals surface area contributed by atoms with Crippen LogP contribution < -0.4 is 5.32 Å². The van der Waals surface area contributed by atoms with E-state index in [9.17, 15) is 9.59 Å². The first-order valence-electron chi connectivity index (χ1n) is 10.7. The van der Waals surface area contributed by atoms with E-state index in [1.165, 1.54) is 0 Å². The zero-order valence-corrected chi connectivity index (χ0v) is 21.6. The Bertz CT molecular complexity index is 1200. The van der Waals surface area contributed by atoms with Gasteiger partial charge in [0.1, 0.15) is 12.4 Å². The lowest BCUT2D eigenvalue weighted by Crippen LogP contribution is -2.22. The molecular formula is C24H26Cl3N3O4. The molecular weight excluding hydrogens is 501 g/mol. The van der Waals surface area contributed by atoms with Gasteiger partial charge in [-0.2, -0.15) is 5.10 Å². The van der Waals surface area contributed by atoms with Gasteiger partial charge in [-0.1, -0.05) is 79.8 Å². The van der Waals surface area contributed by atoms with Crippen LogP contribution in [0.1, 0.15) is 39.0 Å². The molecule has 0 saturated carbocycles. The van der Waals surface area contributed by atoms with E-state index in [-0.39, 0.29) is 17.8 Å². The largest absolute Gasteiger partial charge is 0.466 e. The van der Waals surface area contributed by atoms with Gasteiger partial charge in [-0.15, -0.1) is 0 Å². The van der Waals surface area contributed by atoms with Gasteiger partial charge in [-0.3, -0.25) is 10.1 Å². The summed E-state index contributed by atoms with van der Waals surface area (Å²) in [7, 11) is 0.